The van der Waals surface area contributed by atoms with Crippen molar-refractivity contribution < 1.29 is 9.90 Å². The van der Waals surface area contributed by atoms with Gasteiger partial charge in [-0.25, -0.2) is 0 Å². The molecule has 0 aromatic carbocycles. The van der Waals surface area contributed by atoms with Crippen LogP contribution >= 0.6 is 0 Å². The van der Waals surface area contributed by atoms with Gasteiger partial charge in [0, 0.05) is 0 Å². The zero-order chi connectivity index (χ0) is 15.1. The molecule has 0 amide bonds. The van der Waals surface area contributed by atoms with Crippen LogP contribution in [0.4, 0.5) is 0 Å². The molecule has 2 nitrogen and oxygen atoms in total. The highest BCUT2D eigenvalue weighted by Crippen LogP contribution is 2.17. The molecular weight excluding hydrogens is 248 g/mol. The molecule has 20 heavy (non-hydrogen) atoms. The van der Waals surface area contributed by atoms with Crippen LogP contribution in [0.25, 0.3) is 0 Å². The largest absolute Gasteiger partial charge is 0.481 e. The van der Waals surface area contributed by atoms with E-state index in [0.717, 1.165) is 44.9 Å². The molecule has 118 valence electrons. The Bertz CT molecular complexity index is 246. The number of aliphatic carboxylic acids is 1. The molecule has 0 radical (unpaired) electrons. The molecule has 0 saturated carbocycles. The fourth-order valence-electron chi connectivity index (χ4n) is 2.42. The molecule has 1 atom stereocenters. The maximum absolute atomic E-state index is 11.1. The number of hydrogen-bond acceptors (Lipinski definition) is 1. The lowest BCUT2D eigenvalue weighted by Crippen LogP contribution is -2.13. The van der Waals surface area contributed by atoms with Crippen molar-refractivity contribution in [2.24, 2.45) is 5.92 Å². The van der Waals surface area contributed by atoms with Gasteiger partial charge in [0.25, 0.3) is 0 Å². The van der Waals surface area contributed by atoms with E-state index in [2.05, 4.69) is 26.0 Å². The third kappa shape index (κ3) is 12.3. The Morgan fingerprint density at radius 1 is 0.850 bits per heavy atom. The van der Waals surface area contributed by atoms with Crippen molar-refractivity contribution in [2.45, 2.75) is 90.9 Å². The topological polar surface area (TPSA) is 37.3 Å². The summed E-state index contributed by atoms with van der Waals surface area (Å²) in [5.74, 6) is -0.724. The minimum atomic E-state index is -0.607. The second-order valence-electron chi connectivity index (χ2n) is 5.78. The van der Waals surface area contributed by atoms with Crippen LogP contribution in [-0.4, -0.2) is 11.1 Å². The summed E-state index contributed by atoms with van der Waals surface area (Å²) >= 11 is 0. The molecule has 0 aliphatic carbocycles. The summed E-state index contributed by atoms with van der Waals surface area (Å²) in [6.07, 6.45) is 18.2. The first-order chi connectivity index (χ1) is 9.72. The standard InChI is InChI=1S/C18H34O2/c1-3-5-7-8-9-10-11-12-13-14-16-17(18(19)20)15-6-4-2/h10-11,17H,3-9,12-16H2,1-2H3,(H,19,20)/b11-10-. The van der Waals surface area contributed by atoms with Crippen LogP contribution in [0.3, 0.4) is 0 Å². The summed E-state index contributed by atoms with van der Waals surface area (Å²) in [6.45, 7) is 4.35. The number of allylic oxidation sites excluding steroid dienone is 2. The van der Waals surface area contributed by atoms with Crippen molar-refractivity contribution in [3.05, 3.63) is 12.2 Å². The summed E-state index contributed by atoms with van der Waals surface area (Å²) in [4.78, 5) is 11.1. The van der Waals surface area contributed by atoms with Gasteiger partial charge in [-0.1, -0.05) is 64.5 Å². The summed E-state index contributed by atoms with van der Waals surface area (Å²) in [6, 6.07) is 0. The van der Waals surface area contributed by atoms with Crippen LogP contribution in [0.15, 0.2) is 12.2 Å². The summed E-state index contributed by atoms with van der Waals surface area (Å²) in [5.41, 5.74) is 0. The van der Waals surface area contributed by atoms with Gasteiger partial charge in [0.15, 0.2) is 0 Å². The third-order valence-electron chi connectivity index (χ3n) is 3.82. The van der Waals surface area contributed by atoms with Gasteiger partial charge in [0.1, 0.15) is 0 Å². The highest BCUT2D eigenvalue weighted by atomic mass is 16.4. The van der Waals surface area contributed by atoms with E-state index in [1.54, 1.807) is 0 Å². The van der Waals surface area contributed by atoms with E-state index in [1.807, 2.05) is 0 Å². The lowest BCUT2D eigenvalue weighted by molar-refractivity contribution is -0.142. The van der Waals surface area contributed by atoms with E-state index in [4.69, 9.17) is 5.11 Å². The smallest absolute Gasteiger partial charge is 0.306 e. The van der Waals surface area contributed by atoms with Gasteiger partial charge in [-0.15, -0.1) is 0 Å². The highest BCUT2D eigenvalue weighted by Gasteiger charge is 2.15. The third-order valence-corrected chi connectivity index (χ3v) is 3.82. The molecule has 1 unspecified atom stereocenters. The molecule has 0 rings (SSSR count). The summed E-state index contributed by atoms with van der Waals surface area (Å²) in [7, 11) is 0. The number of hydrogen-bond donors (Lipinski definition) is 1. The number of carboxylic acid groups (broad SMARTS) is 1. The molecule has 0 aliphatic rings. The molecule has 0 bridgehead atoms. The predicted octanol–water partition coefficient (Wildman–Crippen LogP) is 5.96. The normalized spacial score (nSPS) is 12.9. The molecule has 0 aliphatic heterocycles. The van der Waals surface area contributed by atoms with Crippen molar-refractivity contribution >= 4 is 5.97 Å². The van der Waals surface area contributed by atoms with Gasteiger partial charge in [0.05, 0.1) is 5.92 Å². The van der Waals surface area contributed by atoms with Gasteiger partial charge in [-0.2, -0.15) is 0 Å². The van der Waals surface area contributed by atoms with Crippen LogP contribution in [-0.2, 0) is 4.79 Å². The van der Waals surface area contributed by atoms with E-state index < -0.39 is 5.97 Å². The first kappa shape index (κ1) is 19.2. The Morgan fingerprint density at radius 2 is 1.40 bits per heavy atom. The second-order valence-corrected chi connectivity index (χ2v) is 5.78. The van der Waals surface area contributed by atoms with Gasteiger partial charge in [-0.3, -0.25) is 4.79 Å². The van der Waals surface area contributed by atoms with Crippen LogP contribution < -0.4 is 0 Å². The number of carbonyl (C=O) groups is 1. The Morgan fingerprint density at radius 3 is 1.95 bits per heavy atom. The lowest BCUT2D eigenvalue weighted by Gasteiger charge is -2.10. The van der Waals surface area contributed by atoms with Crippen LogP contribution in [0.5, 0.6) is 0 Å². The van der Waals surface area contributed by atoms with E-state index >= 15 is 0 Å². The molecule has 0 heterocycles. The van der Waals surface area contributed by atoms with E-state index in [9.17, 15) is 4.79 Å². The number of rotatable bonds is 14. The van der Waals surface area contributed by atoms with Gasteiger partial charge in [-0.05, 0) is 38.5 Å². The van der Waals surface area contributed by atoms with Crippen LogP contribution in [0.2, 0.25) is 0 Å². The highest BCUT2D eigenvalue weighted by molar-refractivity contribution is 5.69. The first-order valence-corrected chi connectivity index (χ1v) is 8.60. The molecular formula is C18H34O2. The van der Waals surface area contributed by atoms with Crippen molar-refractivity contribution in [1.82, 2.24) is 0 Å². The van der Waals surface area contributed by atoms with Crippen molar-refractivity contribution in [2.75, 3.05) is 0 Å². The fraction of sp³-hybridized carbons (Fsp3) is 0.833. The average molecular weight is 282 g/mol. The Kier molecular flexibility index (Phi) is 14.0. The van der Waals surface area contributed by atoms with Crippen molar-refractivity contribution in [3.8, 4) is 0 Å². The molecule has 0 aromatic heterocycles. The van der Waals surface area contributed by atoms with E-state index in [0.29, 0.717) is 0 Å². The first-order valence-electron chi connectivity index (χ1n) is 8.60. The molecule has 1 N–H and O–H groups in total. The molecule has 0 saturated heterocycles. The lowest BCUT2D eigenvalue weighted by atomic mass is 9.95. The quantitative estimate of drug-likeness (QED) is 0.315. The zero-order valence-corrected chi connectivity index (χ0v) is 13.6. The minimum absolute atomic E-state index is 0.118. The summed E-state index contributed by atoms with van der Waals surface area (Å²) in [5, 5.41) is 9.13. The van der Waals surface area contributed by atoms with Gasteiger partial charge < -0.3 is 5.11 Å². The maximum Gasteiger partial charge on any atom is 0.306 e. The monoisotopic (exact) mass is 282 g/mol. The minimum Gasteiger partial charge on any atom is -0.481 e. The van der Waals surface area contributed by atoms with Gasteiger partial charge in [0.2, 0.25) is 0 Å². The Balaban J connectivity index is 3.48. The molecule has 0 spiro atoms. The number of unbranched alkanes of at least 4 members (excludes halogenated alkanes) is 7. The second kappa shape index (κ2) is 14.6. The van der Waals surface area contributed by atoms with Crippen LogP contribution in [0.1, 0.15) is 90.9 Å². The zero-order valence-electron chi connectivity index (χ0n) is 13.6. The maximum atomic E-state index is 11.1. The Hall–Kier alpha value is -0.790. The van der Waals surface area contributed by atoms with Crippen LogP contribution in [0, 0.1) is 5.92 Å². The van der Waals surface area contributed by atoms with E-state index in [-0.39, 0.29) is 5.92 Å². The molecule has 2 heteroatoms. The fourth-order valence-corrected chi connectivity index (χ4v) is 2.42. The molecule has 0 aromatic rings. The van der Waals surface area contributed by atoms with E-state index in [1.165, 1.54) is 32.1 Å². The number of carboxylic acids is 1. The Labute approximate surface area is 125 Å². The van der Waals surface area contributed by atoms with Crippen molar-refractivity contribution in [1.29, 1.82) is 0 Å². The summed E-state index contributed by atoms with van der Waals surface area (Å²) < 4.78 is 0. The predicted molar refractivity (Wildman–Crippen MR) is 87.0 cm³/mol. The molecule has 0 fully saturated rings. The van der Waals surface area contributed by atoms with Crippen molar-refractivity contribution in [3.63, 3.8) is 0 Å². The SMILES string of the molecule is CCCCCC/C=C\CCCCC(CCCC)C(=O)O. The van der Waals surface area contributed by atoms with Gasteiger partial charge >= 0.3 is 5.97 Å². The average Bonchev–Trinajstić information content (AvgIpc) is 2.43.